The zero-order chi connectivity index (χ0) is 9.14. The lowest BCUT2D eigenvalue weighted by Crippen LogP contribution is -2.41. The van der Waals surface area contributed by atoms with Crippen molar-refractivity contribution in [2.45, 2.75) is 12.1 Å². The fourth-order valence-electron chi connectivity index (χ4n) is 1.16. The highest BCUT2D eigenvalue weighted by molar-refractivity contribution is 5.69. The first-order chi connectivity index (χ1) is 5.66. The monoisotopic (exact) mass is 175 g/mol. The Labute approximate surface area is 70.9 Å². The number of aliphatic hydroxyl groups is 1. The van der Waals surface area contributed by atoms with Crippen LogP contribution in [0.3, 0.4) is 0 Å². The molecule has 0 bridgehead atoms. The average molecular weight is 175 g/mol. The average Bonchev–Trinajstić information content (AvgIpc) is 2.34. The largest absolute Gasteiger partial charge is 0.447 e. The smallest absolute Gasteiger partial charge is 0.410 e. The van der Waals surface area contributed by atoms with Crippen molar-refractivity contribution in [3.05, 3.63) is 0 Å². The maximum atomic E-state index is 10.8. The molecule has 0 radical (unpaired) electrons. The molecule has 1 aliphatic rings. The maximum absolute atomic E-state index is 10.8. The summed E-state index contributed by atoms with van der Waals surface area (Å²) >= 11 is 0. The number of cyclic esters (lactones) is 1. The predicted molar refractivity (Wildman–Crippen MR) is 40.8 cm³/mol. The van der Waals surface area contributed by atoms with Crippen LogP contribution in [0.5, 0.6) is 0 Å². The van der Waals surface area contributed by atoms with Crippen LogP contribution in [0.25, 0.3) is 0 Å². The predicted octanol–water partition coefficient (Wildman–Crippen LogP) is -0.556. The number of rotatable bonds is 3. The molecule has 5 heteroatoms. The van der Waals surface area contributed by atoms with Gasteiger partial charge in [-0.15, -0.1) is 0 Å². The Kier molecular flexibility index (Phi) is 2.88. The molecule has 0 spiro atoms. The number of likely N-dealkylation sites (N-methyl/N-ethyl adjacent to an activating group) is 1. The maximum Gasteiger partial charge on any atom is 0.410 e. The van der Waals surface area contributed by atoms with Crippen LogP contribution in [0.2, 0.25) is 0 Å². The molecule has 5 nitrogen and oxygen atoms in total. The van der Waals surface area contributed by atoms with E-state index in [9.17, 15) is 9.90 Å². The zero-order valence-corrected chi connectivity index (χ0v) is 7.19. The van der Waals surface area contributed by atoms with Gasteiger partial charge >= 0.3 is 6.09 Å². The van der Waals surface area contributed by atoms with Gasteiger partial charge in [-0.05, 0) is 0 Å². The molecule has 0 aromatic carbocycles. The van der Waals surface area contributed by atoms with Gasteiger partial charge in [-0.25, -0.2) is 4.79 Å². The molecular formula is C7H13NO4. The van der Waals surface area contributed by atoms with E-state index in [2.05, 4.69) is 0 Å². The van der Waals surface area contributed by atoms with E-state index in [0.717, 1.165) is 0 Å². The van der Waals surface area contributed by atoms with E-state index in [0.29, 0.717) is 0 Å². The number of hydrogen-bond acceptors (Lipinski definition) is 4. The van der Waals surface area contributed by atoms with Crippen LogP contribution in [0.15, 0.2) is 0 Å². The van der Waals surface area contributed by atoms with Gasteiger partial charge in [0, 0.05) is 14.2 Å². The number of methoxy groups -OCH3 is 1. The van der Waals surface area contributed by atoms with Crippen LogP contribution in [-0.2, 0) is 9.47 Å². The van der Waals surface area contributed by atoms with Gasteiger partial charge in [0.05, 0.1) is 12.6 Å². The van der Waals surface area contributed by atoms with Crippen molar-refractivity contribution in [1.29, 1.82) is 0 Å². The summed E-state index contributed by atoms with van der Waals surface area (Å²) < 4.78 is 9.47. The molecule has 1 heterocycles. The highest BCUT2D eigenvalue weighted by atomic mass is 16.6. The minimum Gasteiger partial charge on any atom is -0.447 e. The SMILES string of the molecule is COCC(O)C1COC(=O)N1C. The van der Waals surface area contributed by atoms with E-state index < -0.39 is 12.2 Å². The minimum atomic E-state index is -0.675. The number of carbonyl (C=O) groups is 1. The first-order valence-corrected chi connectivity index (χ1v) is 3.73. The summed E-state index contributed by atoms with van der Waals surface area (Å²) in [7, 11) is 3.10. The van der Waals surface area contributed by atoms with Gasteiger partial charge < -0.3 is 19.5 Å². The van der Waals surface area contributed by atoms with E-state index in [1.807, 2.05) is 0 Å². The number of aliphatic hydroxyl groups excluding tert-OH is 1. The highest BCUT2D eigenvalue weighted by Crippen LogP contribution is 2.12. The summed E-state index contributed by atoms with van der Waals surface area (Å²) in [5.74, 6) is 0. The molecule has 12 heavy (non-hydrogen) atoms. The Balaban J connectivity index is 2.47. The van der Waals surface area contributed by atoms with Gasteiger partial charge in [0.25, 0.3) is 0 Å². The normalized spacial score (nSPS) is 25.8. The second kappa shape index (κ2) is 3.73. The van der Waals surface area contributed by atoms with Crippen molar-refractivity contribution in [2.24, 2.45) is 0 Å². The Morgan fingerprint density at radius 3 is 3.00 bits per heavy atom. The summed E-state index contributed by atoms with van der Waals surface area (Å²) in [6.07, 6.45) is -1.07. The van der Waals surface area contributed by atoms with Crippen molar-refractivity contribution in [2.75, 3.05) is 27.4 Å². The lowest BCUT2D eigenvalue weighted by Gasteiger charge is -2.20. The van der Waals surface area contributed by atoms with Crippen LogP contribution < -0.4 is 0 Å². The molecule has 1 aliphatic heterocycles. The third-order valence-corrected chi connectivity index (χ3v) is 1.94. The second-order valence-corrected chi connectivity index (χ2v) is 2.78. The molecule has 1 rings (SSSR count). The number of hydrogen-bond donors (Lipinski definition) is 1. The van der Waals surface area contributed by atoms with Crippen molar-refractivity contribution >= 4 is 6.09 Å². The summed E-state index contributed by atoms with van der Waals surface area (Å²) in [5.41, 5.74) is 0. The fourth-order valence-corrected chi connectivity index (χ4v) is 1.16. The lowest BCUT2D eigenvalue weighted by atomic mass is 10.2. The van der Waals surface area contributed by atoms with Gasteiger partial charge in [0.15, 0.2) is 0 Å². The number of amides is 1. The number of carbonyl (C=O) groups excluding carboxylic acids is 1. The molecule has 2 unspecified atom stereocenters. The summed E-state index contributed by atoms with van der Waals surface area (Å²) in [6, 6.07) is -0.280. The van der Waals surface area contributed by atoms with Crippen LogP contribution in [0.4, 0.5) is 4.79 Å². The summed E-state index contributed by atoms with van der Waals surface area (Å²) in [6.45, 7) is 0.450. The van der Waals surface area contributed by atoms with Gasteiger partial charge in [-0.3, -0.25) is 0 Å². The van der Waals surface area contributed by atoms with E-state index in [1.165, 1.54) is 12.0 Å². The summed E-state index contributed by atoms with van der Waals surface area (Å²) in [5, 5.41) is 9.44. The van der Waals surface area contributed by atoms with Gasteiger partial charge in [-0.1, -0.05) is 0 Å². The minimum absolute atomic E-state index is 0.214. The molecule has 1 N–H and O–H groups in total. The van der Waals surface area contributed by atoms with E-state index in [1.54, 1.807) is 7.05 Å². The second-order valence-electron chi connectivity index (χ2n) is 2.78. The standard InChI is InChI=1S/C7H13NO4/c1-8-5(3-12-7(8)10)6(9)4-11-2/h5-6,9H,3-4H2,1-2H3. The molecule has 2 atom stereocenters. The molecular weight excluding hydrogens is 162 g/mol. The molecule has 1 fully saturated rings. The number of ether oxygens (including phenoxy) is 2. The Bertz CT molecular complexity index is 173. The third-order valence-electron chi connectivity index (χ3n) is 1.94. The zero-order valence-electron chi connectivity index (χ0n) is 7.19. The molecule has 0 aromatic rings. The molecule has 0 saturated carbocycles. The Hall–Kier alpha value is -0.810. The Morgan fingerprint density at radius 2 is 2.58 bits per heavy atom. The molecule has 70 valence electrons. The molecule has 1 saturated heterocycles. The first kappa shape index (κ1) is 9.28. The van der Waals surface area contributed by atoms with Crippen LogP contribution in [0, 0.1) is 0 Å². The van der Waals surface area contributed by atoms with Gasteiger partial charge in [0.2, 0.25) is 0 Å². The number of nitrogens with zero attached hydrogens (tertiary/aromatic N) is 1. The van der Waals surface area contributed by atoms with Crippen molar-refractivity contribution in [3.8, 4) is 0 Å². The topological polar surface area (TPSA) is 59.0 Å². The quantitative estimate of drug-likeness (QED) is 0.625. The van der Waals surface area contributed by atoms with Crippen molar-refractivity contribution < 1.29 is 19.4 Å². The van der Waals surface area contributed by atoms with Crippen molar-refractivity contribution in [3.63, 3.8) is 0 Å². The molecule has 0 aliphatic carbocycles. The third kappa shape index (κ3) is 1.67. The fraction of sp³-hybridized carbons (Fsp3) is 0.857. The first-order valence-electron chi connectivity index (χ1n) is 3.73. The van der Waals surface area contributed by atoms with Crippen LogP contribution >= 0.6 is 0 Å². The van der Waals surface area contributed by atoms with Crippen LogP contribution in [0.1, 0.15) is 0 Å². The van der Waals surface area contributed by atoms with Gasteiger partial charge in [0.1, 0.15) is 12.7 Å². The van der Waals surface area contributed by atoms with Crippen molar-refractivity contribution in [1.82, 2.24) is 4.90 Å². The highest BCUT2D eigenvalue weighted by Gasteiger charge is 2.34. The van der Waals surface area contributed by atoms with Crippen LogP contribution in [-0.4, -0.2) is 55.6 Å². The molecule has 1 amide bonds. The van der Waals surface area contributed by atoms with E-state index in [4.69, 9.17) is 9.47 Å². The van der Waals surface area contributed by atoms with E-state index in [-0.39, 0.29) is 19.3 Å². The van der Waals surface area contributed by atoms with E-state index >= 15 is 0 Å². The summed E-state index contributed by atoms with van der Waals surface area (Å²) in [4.78, 5) is 12.2. The van der Waals surface area contributed by atoms with Gasteiger partial charge in [-0.2, -0.15) is 0 Å². The molecule has 0 aromatic heterocycles. The Morgan fingerprint density at radius 1 is 1.92 bits per heavy atom. The lowest BCUT2D eigenvalue weighted by molar-refractivity contribution is 0.0223.